The summed E-state index contributed by atoms with van der Waals surface area (Å²) in [6.45, 7) is 2.41. The number of halogens is 1. The Bertz CT molecular complexity index is 605. The molecule has 0 aliphatic carbocycles. The van der Waals surface area contributed by atoms with Gasteiger partial charge in [0.25, 0.3) is 0 Å². The van der Waals surface area contributed by atoms with Crippen LogP contribution in [0.5, 0.6) is 0 Å². The van der Waals surface area contributed by atoms with Crippen LogP contribution in [0.2, 0.25) is 0 Å². The highest BCUT2D eigenvalue weighted by Crippen LogP contribution is 2.25. The Kier molecular flexibility index (Phi) is 4.04. The van der Waals surface area contributed by atoms with Gasteiger partial charge in [-0.2, -0.15) is 0 Å². The van der Waals surface area contributed by atoms with Crippen molar-refractivity contribution in [1.82, 2.24) is 0 Å². The number of aliphatic hydroxyl groups excluding tert-OH is 1. The number of rotatable bonds is 4. The van der Waals surface area contributed by atoms with Gasteiger partial charge in [-0.3, -0.25) is 0 Å². The first-order chi connectivity index (χ1) is 8.72. The first kappa shape index (κ1) is 13.1. The smallest absolute Gasteiger partial charge is 0.360 e. The summed E-state index contributed by atoms with van der Waals surface area (Å²) in [5.41, 5.74) is 1.64. The number of anilines is 1. The molecular formula is C13H14BrNO3. The Morgan fingerprint density at radius 3 is 2.72 bits per heavy atom. The molecule has 1 heterocycles. The van der Waals surface area contributed by atoms with Crippen molar-refractivity contribution in [3.05, 3.63) is 40.2 Å². The number of hydrogen-bond acceptors (Lipinski definition) is 4. The topological polar surface area (TPSA) is 53.7 Å². The predicted molar refractivity (Wildman–Crippen MR) is 75.2 cm³/mol. The molecule has 4 nitrogen and oxygen atoms in total. The average Bonchev–Trinajstić information content (AvgIpc) is 2.40. The summed E-state index contributed by atoms with van der Waals surface area (Å²) in [5, 5.41) is 10.3. The van der Waals surface area contributed by atoms with Crippen LogP contribution in [0, 0.1) is 0 Å². The molecule has 0 amide bonds. The Labute approximate surface area is 113 Å². The predicted octanol–water partition coefficient (Wildman–Crippen LogP) is 2.46. The van der Waals surface area contributed by atoms with E-state index in [2.05, 4.69) is 15.9 Å². The van der Waals surface area contributed by atoms with Gasteiger partial charge in [0.15, 0.2) is 0 Å². The number of aliphatic hydroxyl groups is 1. The summed E-state index contributed by atoms with van der Waals surface area (Å²) in [6.07, 6.45) is 0. The molecule has 0 spiro atoms. The van der Waals surface area contributed by atoms with Crippen molar-refractivity contribution < 1.29 is 9.52 Å². The van der Waals surface area contributed by atoms with Crippen LogP contribution in [-0.2, 0) is 6.61 Å². The highest BCUT2D eigenvalue weighted by Gasteiger charge is 2.17. The lowest BCUT2D eigenvalue weighted by molar-refractivity contribution is 0.282. The van der Waals surface area contributed by atoms with Gasteiger partial charge in [0.1, 0.15) is 11.3 Å². The van der Waals surface area contributed by atoms with E-state index in [0.717, 1.165) is 5.39 Å². The molecule has 0 fully saturated rings. The first-order valence-electron chi connectivity index (χ1n) is 5.69. The summed E-state index contributed by atoms with van der Waals surface area (Å²) in [7, 11) is 0. The molecule has 0 radical (unpaired) electrons. The van der Waals surface area contributed by atoms with Gasteiger partial charge in [-0.1, -0.05) is 34.1 Å². The minimum Gasteiger partial charge on any atom is -0.421 e. The largest absolute Gasteiger partial charge is 0.421 e. The zero-order valence-electron chi connectivity index (χ0n) is 10.0. The zero-order chi connectivity index (χ0) is 13.1. The lowest BCUT2D eigenvalue weighted by Crippen LogP contribution is -2.27. The summed E-state index contributed by atoms with van der Waals surface area (Å²) in [6, 6.07) is 7.23. The molecule has 0 aliphatic heterocycles. The maximum Gasteiger partial charge on any atom is 0.360 e. The Hall–Kier alpha value is -1.33. The first-order valence-corrected chi connectivity index (χ1v) is 6.81. The monoisotopic (exact) mass is 311 g/mol. The summed E-state index contributed by atoms with van der Waals surface area (Å²) >= 11 is 3.34. The SMILES string of the molecule is CCN(CBr)c1c(CO)c2ccccc2oc1=O. The number of hydrogen-bond donors (Lipinski definition) is 1. The molecule has 18 heavy (non-hydrogen) atoms. The van der Waals surface area contributed by atoms with Crippen molar-refractivity contribution in [3.8, 4) is 0 Å². The van der Waals surface area contributed by atoms with E-state index in [9.17, 15) is 9.90 Å². The number of nitrogens with zero attached hydrogens (tertiary/aromatic N) is 1. The minimum atomic E-state index is -0.418. The van der Waals surface area contributed by atoms with Gasteiger partial charge in [-0.05, 0) is 13.0 Å². The van der Waals surface area contributed by atoms with Crippen molar-refractivity contribution in [3.63, 3.8) is 0 Å². The standard InChI is InChI=1S/C13H14BrNO3/c1-2-15(8-14)12-10(7-16)9-5-3-4-6-11(9)18-13(12)17/h3-6,16H,2,7-8H2,1H3. The summed E-state index contributed by atoms with van der Waals surface area (Å²) in [5.74, 6) is 0. The Balaban J connectivity index is 2.79. The highest BCUT2D eigenvalue weighted by atomic mass is 79.9. The normalized spacial score (nSPS) is 10.8. The molecule has 2 aromatic rings. The van der Waals surface area contributed by atoms with Crippen molar-refractivity contribution in [2.75, 3.05) is 16.9 Å². The van der Waals surface area contributed by atoms with Crippen LogP contribution in [0.3, 0.4) is 0 Å². The van der Waals surface area contributed by atoms with E-state index in [0.29, 0.717) is 28.8 Å². The minimum absolute atomic E-state index is 0.190. The fourth-order valence-electron chi connectivity index (χ4n) is 1.99. The van der Waals surface area contributed by atoms with Crippen LogP contribution in [0.25, 0.3) is 11.0 Å². The number of para-hydroxylation sites is 1. The molecule has 0 bridgehead atoms. The molecule has 0 saturated carbocycles. The second-order valence-corrected chi connectivity index (χ2v) is 4.35. The molecule has 0 atom stereocenters. The molecule has 0 aliphatic rings. The second-order valence-electron chi connectivity index (χ2n) is 3.85. The molecule has 1 aromatic carbocycles. The van der Waals surface area contributed by atoms with Crippen LogP contribution in [0.1, 0.15) is 12.5 Å². The van der Waals surface area contributed by atoms with E-state index in [-0.39, 0.29) is 6.61 Å². The van der Waals surface area contributed by atoms with Gasteiger partial charge in [0, 0.05) is 17.5 Å². The van der Waals surface area contributed by atoms with Gasteiger partial charge in [0.05, 0.1) is 12.1 Å². The second kappa shape index (κ2) is 5.54. The van der Waals surface area contributed by atoms with Crippen LogP contribution in [-0.4, -0.2) is 17.1 Å². The zero-order valence-corrected chi connectivity index (χ0v) is 11.6. The fourth-order valence-corrected chi connectivity index (χ4v) is 2.59. The van der Waals surface area contributed by atoms with Crippen molar-refractivity contribution in [2.24, 2.45) is 0 Å². The number of alkyl halides is 1. The number of benzene rings is 1. The van der Waals surface area contributed by atoms with E-state index >= 15 is 0 Å². The molecule has 0 unspecified atom stereocenters. The van der Waals surface area contributed by atoms with Crippen LogP contribution in [0.15, 0.2) is 33.5 Å². The average molecular weight is 312 g/mol. The molecule has 96 valence electrons. The van der Waals surface area contributed by atoms with Crippen LogP contribution in [0.4, 0.5) is 5.69 Å². The Morgan fingerprint density at radius 2 is 2.11 bits per heavy atom. The molecular weight excluding hydrogens is 298 g/mol. The van der Waals surface area contributed by atoms with Gasteiger partial charge in [0.2, 0.25) is 0 Å². The van der Waals surface area contributed by atoms with Gasteiger partial charge >= 0.3 is 5.63 Å². The van der Waals surface area contributed by atoms with E-state index in [1.807, 2.05) is 24.0 Å². The lowest BCUT2D eigenvalue weighted by Gasteiger charge is -2.21. The summed E-state index contributed by atoms with van der Waals surface area (Å²) in [4.78, 5) is 13.9. The van der Waals surface area contributed by atoms with Crippen molar-refractivity contribution in [2.45, 2.75) is 13.5 Å². The summed E-state index contributed by atoms with van der Waals surface area (Å²) < 4.78 is 5.29. The van der Waals surface area contributed by atoms with Crippen molar-refractivity contribution in [1.29, 1.82) is 0 Å². The van der Waals surface area contributed by atoms with Gasteiger partial charge < -0.3 is 14.4 Å². The van der Waals surface area contributed by atoms with E-state index in [1.165, 1.54) is 0 Å². The van der Waals surface area contributed by atoms with E-state index < -0.39 is 5.63 Å². The third-order valence-electron chi connectivity index (χ3n) is 2.89. The Morgan fingerprint density at radius 1 is 1.39 bits per heavy atom. The maximum absolute atomic E-state index is 12.0. The molecule has 5 heteroatoms. The molecule has 1 N–H and O–H groups in total. The maximum atomic E-state index is 12.0. The molecule has 0 saturated heterocycles. The van der Waals surface area contributed by atoms with E-state index in [4.69, 9.17) is 4.42 Å². The quantitative estimate of drug-likeness (QED) is 0.535. The van der Waals surface area contributed by atoms with Crippen molar-refractivity contribution >= 4 is 32.6 Å². The van der Waals surface area contributed by atoms with Gasteiger partial charge in [-0.15, -0.1) is 0 Å². The fraction of sp³-hybridized carbons (Fsp3) is 0.308. The van der Waals surface area contributed by atoms with Crippen LogP contribution >= 0.6 is 15.9 Å². The molecule has 2 rings (SSSR count). The van der Waals surface area contributed by atoms with Gasteiger partial charge in [-0.25, -0.2) is 4.79 Å². The van der Waals surface area contributed by atoms with E-state index in [1.54, 1.807) is 12.1 Å². The third-order valence-corrected chi connectivity index (χ3v) is 3.50. The number of fused-ring (bicyclic) bond motifs is 1. The van der Waals surface area contributed by atoms with Crippen LogP contribution < -0.4 is 10.5 Å². The third kappa shape index (κ3) is 2.15. The lowest BCUT2D eigenvalue weighted by atomic mass is 10.1. The molecule has 1 aromatic heterocycles. The highest BCUT2D eigenvalue weighted by molar-refractivity contribution is 9.09.